The van der Waals surface area contributed by atoms with Crippen molar-refractivity contribution in [3.8, 4) is 11.3 Å². The summed E-state index contributed by atoms with van der Waals surface area (Å²) in [6.45, 7) is 0.603. The van der Waals surface area contributed by atoms with Gasteiger partial charge in [-0.3, -0.25) is 19.7 Å². The van der Waals surface area contributed by atoms with Gasteiger partial charge in [0.15, 0.2) is 0 Å². The van der Waals surface area contributed by atoms with Crippen LogP contribution in [0.15, 0.2) is 79.3 Å². The fraction of sp³-hybridized carbons (Fsp3) is 0.130. The fourth-order valence-electron chi connectivity index (χ4n) is 3.03. The van der Waals surface area contributed by atoms with Crippen molar-refractivity contribution in [2.45, 2.75) is 12.8 Å². The average Bonchev–Trinajstić information content (AvgIpc) is 2.77. The molecule has 4 aromatic rings. The van der Waals surface area contributed by atoms with Gasteiger partial charge in [-0.25, -0.2) is 0 Å². The summed E-state index contributed by atoms with van der Waals surface area (Å²) in [6.07, 6.45) is 6.89. The number of aryl methyl sites for hydroxylation is 1. The number of aromatic nitrogens is 3. The summed E-state index contributed by atoms with van der Waals surface area (Å²) in [5, 5.41) is 4.00. The summed E-state index contributed by atoms with van der Waals surface area (Å²) < 4.78 is 0. The second kappa shape index (κ2) is 8.39. The first-order valence-electron chi connectivity index (χ1n) is 9.29. The van der Waals surface area contributed by atoms with E-state index in [1.165, 1.54) is 0 Å². The van der Waals surface area contributed by atoms with Crippen molar-refractivity contribution in [1.82, 2.24) is 20.3 Å². The van der Waals surface area contributed by atoms with Gasteiger partial charge in [0.1, 0.15) is 0 Å². The molecule has 5 heteroatoms. The van der Waals surface area contributed by atoms with Gasteiger partial charge in [0.05, 0.1) is 16.8 Å². The summed E-state index contributed by atoms with van der Waals surface area (Å²) in [5.41, 5.74) is 4.26. The topological polar surface area (TPSA) is 67.8 Å². The molecule has 0 spiro atoms. The van der Waals surface area contributed by atoms with Crippen molar-refractivity contribution < 1.29 is 4.79 Å². The summed E-state index contributed by atoms with van der Waals surface area (Å²) in [7, 11) is 0. The molecule has 4 rings (SSSR count). The van der Waals surface area contributed by atoms with Crippen LogP contribution < -0.4 is 5.32 Å². The molecule has 1 aromatic carbocycles. The molecule has 3 heterocycles. The van der Waals surface area contributed by atoms with E-state index in [9.17, 15) is 4.79 Å². The van der Waals surface area contributed by atoms with Crippen molar-refractivity contribution in [1.29, 1.82) is 0 Å². The van der Waals surface area contributed by atoms with Gasteiger partial charge in [-0.2, -0.15) is 0 Å². The second-order valence-corrected chi connectivity index (χ2v) is 6.53. The molecule has 0 fully saturated rings. The third-order valence-electron chi connectivity index (χ3n) is 4.53. The zero-order valence-electron chi connectivity index (χ0n) is 15.4. The molecule has 1 amide bonds. The van der Waals surface area contributed by atoms with E-state index in [2.05, 4.69) is 26.3 Å². The highest BCUT2D eigenvalue weighted by molar-refractivity contribution is 5.94. The average molecular weight is 368 g/mol. The highest BCUT2D eigenvalue weighted by Gasteiger charge is 2.07. The minimum atomic E-state index is -0.114. The third kappa shape index (κ3) is 4.20. The number of hydrogen-bond donors (Lipinski definition) is 1. The van der Waals surface area contributed by atoms with Crippen LogP contribution in [-0.2, 0) is 6.42 Å². The summed E-state index contributed by atoms with van der Waals surface area (Å²) >= 11 is 0. The fourth-order valence-corrected chi connectivity index (χ4v) is 3.03. The molecule has 0 bridgehead atoms. The Morgan fingerprint density at radius 1 is 0.893 bits per heavy atom. The smallest absolute Gasteiger partial charge is 0.252 e. The van der Waals surface area contributed by atoms with Crippen LogP contribution in [0.3, 0.4) is 0 Å². The molecule has 28 heavy (non-hydrogen) atoms. The Kier molecular flexibility index (Phi) is 5.33. The van der Waals surface area contributed by atoms with Crippen LogP contribution in [0.4, 0.5) is 0 Å². The van der Waals surface area contributed by atoms with E-state index in [1.807, 2.05) is 54.7 Å². The predicted octanol–water partition coefficient (Wildman–Crippen LogP) is 4.05. The first-order chi connectivity index (χ1) is 13.8. The number of carbonyl (C=O) groups excluding carboxylic acids is 1. The van der Waals surface area contributed by atoms with Crippen molar-refractivity contribution in [2.24, 2.45) is 0 Å². The maximum Gasteiger partial charge on any atom is 0.252 e. The Balaban J connectivity index is 1.36. The number of rotatable bonds is 6. The summed E-state index contributed by atoms with van der Waals surface area (Å²) in [5.74, 6) is -0.114. The first kappa shape index (κ1) is 17.8. The van der Waals surface area contributed by atoms with Gasteiger partial charge in [0.2, 0.25) is 0 Å². The molecule has 0 unspecified atom stereocenters. The number of nitrogens with zero attached hydrogens (tertiary/aromatic N) is 3. The van der Waals surface area contributed by atoms with E-state index in [0.717, 1.165) is 40.7 Å². The van der Waals surface area contributed by atoms with Gasteiger partial charge in [0.25, 0.3) is 5.91 Å². The molecule has 0 saturated carbocycles. The molecule has 1 N–H and O–H groups in total. The van der Waals surface area contributed by atoms with Gasteiger partial charge in [-0.15, -0.1) is 0 Å². The monoisotopic (exact) mass is 368 g/mol. The normalized spacial score (nSPS) is 10.7. The quantitative estimate of drug-likeness (QED) is 0.521. The van der Waals surface area contributed by atoms with Crippen LogP contribution in [-0.4, -0.2) is 27.4 Å². The molecule has 0 atom stereocenters. The number of hydrogen-bond acceptors (Lipinski definition) is 4. The van der Waals surface area contributed by atoms with Crippen LogP contribution in [0, 0.1) is 0 Å². The van der Waals surface area contributed by atoms with E-state index >= 15 is 0 Å². The number of pyridine rings is 3. The molecule has 0 saturated heterocycles. The van der Waals surface area contributed by atoms with Crippen LogP contribution in [0.5, 0.6) is 0 Å². The lowest BCUT2D eigenvalue weighted by Gasteiger charge is -2.06. The lowest BCUT2D eigenvalue weighted by Crippen LogP contribution is -2.24. The number of amides is 1. The van der Waals surface area contributed by atoms with Gasteiger partial charge in [-0.05, 0) is 49.2 Å². The largest absolute Gasteiger partial charge is 0.352 e. The number of para-hydroxylation sites is 1. The van der Waals surface area contributed by atoms with E-state index in [4.69, 9.17) is 0 Å². The lowest BCUT2D eigenvalue weighted by atomic mass is 10.1. The Bertz CT molecular complexity index is 1080. The molecule has 0 aliphatic rings. The Hall–Kier alpha value is -3.60. The van der Waals surface area contributed by atoms with Gasteiger partial charge in [0, 0.05) is 41.8 Å². The SMILES string of the molecule is O=C(NCCCc1ccccn1)c1ccc(-c2cnc3ccccc3c2)nc1. The predicted molar refractivity (Wildman–Crippen MR) is 110 cm³/mol. The second-order valence-electron chi connectivity index (χ2n) is 6.53. The van der Waals surface area contributed by atoms with E-state index < -0.39 is 0 Å². The number of carbonyl (C=O) groups is 1. The minimum absolute atomic E-state index is 0.114. The molecular weight excluding hydrogens is 348 g/mol. The van der Waals surface area contributed by atoms with E-state index in [-0.39, 0.29) is 5.91 Å². The van der Waals surface area contributed by atoms with Crippen LogP contribution >= 0.6 is 0 Å². The van der Waals surface area contributed by atoms with Crippen molar-refractivity contribution in [3.05, 3.63) is 90.5 Å². The molecule has 0 aliphatic carbocycles. The minimum Gasteiger partial charge on any atom is -0.352 e. The molecule has 0 radical (unpaired) electrons. The standard InChI is InChI=1S/C23H20N4O/c28-23(25-13-5-8-20-7-3-4-12-24-20)18-10-11-22(26-15-18)19-14-17-6-1-2-9-21(17)27-16-19/h1-4,6-7,9-12,14-16H,5,8,13H2,(H,25,28). The van der Waals surface area contributed by atoms with E-state index in [1.54, 1.807) is 18.5 Å². The van der Waals surface area contributed by atoms with Gasteiger partial charge < -0.3 is 5.32 Å². The maximum atomic E-state index is 12.3. The van der Waals surface area contributed by atoms with Crippen molar-refractivity contribution >= 4 is 16.8 Å². The van der Waals surface area contributed by atoms with Crippen LogP contribution in [0.25, 0.3) is 22.2 Å². The highest BCUT2D eigenvalue weighted by Crippen LogP contribution is 2.21. The summed E-state index contributed by atoms with van der Waals surface area (Å²) in [6, 6.07) is 19.5. The zero-order valence-corrected chi connectivity index (χ0v) is 15.4. The summed E-state index contributed by atoms with van der Waals surface area (Å²) in [4.78, 5) is 25.5. The third-order valence-corrected chi connectivity index (χ3v) is 4.53. The molecule has 0 aliphatic heterocycles. The number of nitrogens with one attached hydrogen (secondary N) is 1. The molecule has 3 aromatic heterocycles. The first-order valence-corrected chi connectivity index (χ1v) is 9.29. The molecular formula is C23H20N4O. The number of benzene rings is 1. The van der Waals surface area contributed by atoms with Gasteiger partial charge >= 0.3 is 0 Å². The highest BCUT2D eigenvalue weighted by atomic mass is 16.1. The Labute approximate surface area is 163 Å². The van der Waals surface area contributed by atoms with E-state index in [0.29, 0.717) is 12.1 Å². The van der Waals surface area contributed by atoms with Crippen LogP contribution in [0.2, 0.25) is 0 Å². The van der Waals surface area contributed by atoms with Crippen LogP contribution in [0.1, 0.15) is 22.5 Å². The lowest BCUT2D eigenvalue weighted by molar-refractivity contribution is 0.0953. The maximum absolute atomic E-state index is 12.3. The Morgan fingerprint density at radius 3 is 2.61 bits per heavy atom. The number of fused-ring (bicyclic) bond motifs is 1. The van der Waals surface area contributed by atoms with Gasteiger partial charge in [-0.1, -0.05) is 24.3 Å². The van der Waals surface area contributed by atoms with Crippen molar-refractivity contribution in [2.75, 3.05) is 6.54 Å². The molecule has 138 valence electrons. The zero-order chi connectivity index (χ0) is 19.2. The molecule has 5 nitrogen and oxygen atoms in total. The Morgan fingerprint density at radius 2 is 1.79 bits per heavy atom. The van der Waals surface area contributed by atoms with Crippen molar-refractivity contribution in [3.63, 3.8) is 0 Å².